The largest absolute Gasteiger partial charge is 0.385 e. The lowest BCUT2D eigenvalue weighted by Gasteiger charge is -2.20. The van der Waals surface area contributed by atoms with Crippen molar-refractivity contribution in [3.05, 3.63) is 0 Å². The van der Waals surface area contributed by atoms with E-state index in [2.05, 4.69) is 26.1 Å². The smallest absolute Gasteiger partial charge is 0.241 e. The highest BCUT2D eigenvalue weighted by atomic mass is 16.5. The van der Waals surface area contributed by atoms with E-state index in [1.165, 1.54) is 0 Å². The molecule has 0 bridgehead atoms. The lowest BCUT2D eigenvalue weighted by atomic mass is 10.0. The minimum atomic E-state index is 0.0268. The number of hydrogen-bond donors (Lipinski definition) is 1. The summed E-state index contributed by atoms with van der Waals surface area (Å²) in [5.41, 5.74) is 0. The molecule has 1 amide bonds. The van der Waals surface area contributed by atoms with Crippen LogP contribution >= 0.6 is 0 Å². The second-order valence-electron chi connectivity index (χ2n) is 5.61. The van der Waals surface area contributed by atoms with Gasteiger partial charge in [-0.15, -0.1) is 0 Å². The minimum absolute atomic E-state index is 0.0268. The molecule has 1 rings (SSSR count). The Morgan fingerprint density at radius 2 is 2.06 bits per heavy atom. The Balaban J connectivity index is 2.30. The fourth-order valence-corrected chi connectivity index (χ4v) is 2.49. The molecule has 0 radical (unpaired) electrons. The number of methoxy groups -OCH3 is 1. The molecular weight excluding hydrogens is 228 g/mol. The number of unbranched alkanes of at least 4 members (excludes halogenated alkanes) is 2. The zero-order valence-electron chi connectivity index (χ0n) is 12.2. The van der Waals surface area contributed by atoms with Gasteiger partial charge in [0.1, 0.15) is 0 Å². The van der Waals surface area contributed by atoms with Gasteiger partial charge in [-0.05, 0) is 38.5 Å². The van der Waals surface area contributed by atoms with Gasteiger partial charge in [0.15, 0.2) is 0 Å². The van der Waals surface area contributed by atoms with Crippen LogP contribution < -0.4 is 5.32 Å². The van der Waals surface area contributed by atoms with Gasteiger partial charge < -0.3 is 9.64 Å². The third-order valence-corrected chi connectivity index (χ3v) is 3.45. The van der Waals surface area contributed by atoms with Crippen LogP contribution in [-0.2, 0) is 9.53 Å². The second kappa shape index (κ2) is 7.74. The van der Waals surface area contributed by atoms with Crippen LogP contribution in [0.15, 0.2) is 0 Å². The molecule has 1 heterocycles. The highest BCUT2D eigenvalue weighted by molar-refractivity contribution is 5.84. The summed E-state index contributed by atoms with van der Waals surface area (Å²) >= 11 is 0. The lowest BCUT2D eigenvalue weighted by Crippen LogP contribution is -2.35. The number of carbonyl (C=O) groups excluding carboxylic acids is 1. The number of carbonyl (C=O) groups is 1. The molecule has 0 aromatic carbocycles. The zero-order chi connectivity index (χ0) is 13.5. The third kappa shape index (κ3) is 4.58. The Labute approximate surface area is 111 Å². The van der Waals surface area contributed by atoms with Crippen LogP contribution in [0.1, 0.15) is 46.5 Å². The lowest BCUT2D eigenvalue weighted by molar-refractivity contribution is -0.130. The number of nitrogens with one attached hydrogen (secondary N) is 1. The summed E-state index contributed by atoms with van der Waals surface area (Å²) in [7, 11) is 1.73. The average Bonchev–Trinajstić information content (AvgIpc) is 2.55. The van der Waals surface area contributed by atoms with Crippen LogP contribution in [0.5, 0.6) is 0 Å². The standard InChI is InChI=1S/C14H28N2O2/c1-11(2)10-13-14(17)16(12(3)15-13)8-6-5-7-9-18-4/h11-13,15H,5-10H2,1-4H3. The summed E-state index contributed by atoms with van der Waals surface area (Å²) in [5, 5.41) is 3.39. The van der Waals surface area contributed by atoms with Crippen molar-refractivity contribution in [1.82, 2.24) is 10.2 Å². The van der Waals surface area contributed by atoms with Gasteiger partial charge in [-0.2, -0.15) is 0 Å². The summed E-state index contributed by atoms with van der Waals surface area (Å²) in [5.74, 6) is 0.836. The molecule has 4 heteroatoms. The topological polar surface area (TPSA) is 41.6 Å². The van der Waals surface area contributed by atoms with Crippen molar-refractivity contribution in [2.75, 3.05) is 20.3 Å². The van der Waals surface area contributed by atoms with E-state index in [1.807, 2.05) is 4.90 Å². The maximum atomic E-state index is 12.2. The molecule has 18 heavy (non-hydrogen) atoms. The van der Waals surface area contributed by atoms with Gasteiger partial charge in [0.2, 0.25) is 5.91 Å². The maximum absolute atomic E-state index is 12.2. The van der Waals surface area contributed by atoms with Crippen LogP contribution in [0.25, 0.3) is 0 Å². The fraction of sp³-hybridized carbons (Fsp3) is 0.929. The van der Waals surface area contributed by atoms with Crippen LogP contribution in [0.2, 0.25) is 0 Å². The number of amides is 1. The molecule has 2 atom stereocenters. The van der Waals surface area contributed by atoms with Crippen LogP contribution in [0, 0.1) is 5.92 Å². The van der Waals surface area contributed by atoms with Crippen LogP contribution in [0.4, 0.5) is 0 Å². The minimum Gasteiger partial charge on any atom is -0.385 e. The Bertz CT molecular complexity index is 256. The summed E-state index contributed by atoms with van der Waals surface area (Å²) in [6, 6.07) is 0.0268. The third-order valence-electron chi connectivity index (χ3n) is 3.45. The summed E-state index contributed by atoms with van der Waals surface area (Å²) in [6.07, 6.45) is 4.39. The van der Waals surface area contributed by atoms with Gasteiger partial charge in [0.05, 0.1) is 12.2 Å². The molecule has 4 nitrogen and oxygen atoms in total. The van der Waals surface area contributed by atoms with Gasteiger partial charge in [-0.1, -0.05) is 13.8 Å². The van der Waals surface area contributed by atoms with Gasteiger partial charge in [-0.25, -0.2) is 0 Å². The Morgan fingerprint density at radius 1 is 1.33 bits per heavy atom. The monoisotopic (exact) mass is 256 g/mol. The number of hydrogen-bond acceptors (Lipinski definition) is 3. The van der Waals surface area contributed by atoms with E-state index in [1.54, 1.807) is 7.11 Å². The van der Waals surface area contributed by atoms with Crippen molar-refractivity contribution < 1.29 is 9.53 Å². The summed E-state index contributed by atoms with van der Waals surface area (Å²) in [4.78, 5) is 14.2. The fourth-order valence-electron chi connectivity index (χ4n) is 2.49. The van der Waals surface area contributed by atoms with E-state index in [-0.39, 0.29) is 18.1 Å². The Kier molecular flexibility index (Phi) is 6.65. The molecule has 1 aliphatic rings. The molecule has 0 aromatic rings. The molecule has 0 spiro atoms. The Morgan fingerprint density at radius 3 is 2.67 bits per heavy atom. The zero-order valence-corrected chi connectivity index (χ0v) is 12.2. The molecule has 0 aromatic heterocycles. The molecule has 106 valence electrons. The first-order chi connectivity index (χ1) is 8.56. The van der Waals surface area contributed by atoms with Crippen molar-refractivity contribution in [2.45, 2.75) is 58.7 Å². The van der Waals surface area contributed by atoms with E-state index < -0.39 is 0 Å². The first-order valence-corrected chi connectivity index (χ1v) is 7.11. The first kappa shape index (κ1) is 15.4. The van der Waals surface area contributed by atoms with Gasteiger partial charge in [0, 0.05) is 20.3 Å². The summed E-state index contributed by atoms with van der Waals surface area (Å²) < 4.78 is 5.02. The predicted octanol–water partition coefficient (Wildman–Crippen LogP) is 2.00. The number of rotatable bonds is 8. The van der Waals surface area contributed by atoms with E-state index in [9.17, 15) is 4.79 Å². The van der Waals surface area contributed by atoms with E-state index >= 15 is 0 Å². The van der Waals surface area contributed by atoms with Gasteiger partial charge in [0.25, 0.3) is 0 Å². The van der Waals surface area contributed by atoms with Crippen LogP contribution in [-0.4, -0.2) is 43.3 Å². The predicted molar refractivity (Wildman–Crippen MR) is 73.3 cm³/mol. The molecule has 0 aliphatic carbocycles. The number of ether oxygens (including phenoxy) is 1. The van der Waals surface area contributed by atoms with E-state index in [0.717, 1.165) is 38.8 Å². The first-order valence-electron chi connectivity index (χ1n) is 7.11. The molecule has 1 saturated heterocycles. The highest BCUT2D eigenvalue weighted by Gasteiger charge is 2.35. The molecule has 2 unspecified atom stereocenters. The highest BCUT2D eigenvalue weighted by Crippen LogP contribution is 2.17. The van der Waals surface area contributed by atoms with Crippen molar-refractivity contribution in [1.29, 1.82) is 0 Å². The normalized spacial score (nSPS) is 24.3. The molecule has 1 N–H and O–H groups in total. The average molecular weight is 256 g/mol. The molecule has 1 fully saturated rings. The van der Waals surface area contributed by atoms with Crippen LogP contribution in [0.3, 0.4) is 0 Å². The van der Waals surface area contributed by atoms with Crippen molar-refractivity contribution in [3.63, 3.8) is 0 Å². The molecular formula is C14H28N2O2. The summed E-state index contributed by atoms with van der Waals surface area (Å²) in [6.45, 7) is 8.08. The van der Waals surface area contributed by atoms with Crippen molar-refractivity contribution in [3.8, 4) is 0 Å². The molecule has 0 saturated carbocycles. The Hall–Kier alpha value is -0.610. The van der Waals surface area contributed by atoms with Crippen molar-refractivity contribution in [2.24, 2.45) is 5.92 Å². The SMILES string of the molecule is COCCCCCN1C(=O)C(CC(C)C)NC1C. The van der Waals surface area contributed by atoms with E-state index in [0.29, 0.717) is 5.92 Å². The van der Waals surface area contributed by atoms with E-state index in [4.69, 9.17) is 4.74 Å². The molecule has 1 aliphatic heterocycles. The van der Waals surface area contributed by atoms with Crippen molar-refractivity contribution >= 4 is 5.91 Å². The second-order valence-corrected chi connectivity index (χ2v) is 5.61. The van der Waals surface area contributed by atoms with Gasteiger partial charge in [-0.3, -0.25) is 10.1 Å². The quantitative estimate of drug-likeness (QED) is 0.675. The maximum Gasteiger partial charge on any atom is 0.241 e. The number of nitrogens with zero attached hydrogens (tertiary/aromatic N) is 1. The van der Waals surface area contributed by atoms with Gasteiger partial charge >= 0.3 is 0 Å².